The van der Waals surface area contributed by atoms with Gasteiger partial charge < -0.3 is 9.47 Å². The van der Waals surface area contributed by atoms with Crippen molar-refractivity contribution < 1.29 is 9.47 Å². The molecule has 2 saturated carbocycles. The molecule has 3 aliphatic rings. The van der Waals surface area contributed by atoms with Crippen LogP contribution in [0.4, 0.5) is 0 Å². The highest BCUT2D eigenvalue weighted by Gasteiger charge is 2.53. The van der Waals surface area contributed by atoms with Gasteiger partial charge in [-0.3, -0.25) is 0 Å². The summed E-state index contributed by atoms with van der Waals surface area (Å²) < 4.78 is 11.9. The molecule has 2 heteroatoms. The van der Waals surface area contributed by atoms with E-state index in [0.29, 0.717) is 11.8 Å². The Morgan fingerprint density at radius 3 is 2.64 bits per heavy atom. The maximum atomic E-state index is 5.96. The van der Waals surface area contributed by atoms with E-state index < -0.39 is 0 Å². The summed E-state index contributed by atoms with van der Waals surface area (Å²) in [5.74, 6) is 2.08. The Morgan fingerprint density at radius 2 is 1.86 bits per heavy atom. The highest BCUT2D eigenvalue weighted by atomic mass is 16.7. The van der Waals surface area contributed by atoms with Gasteiger partial charge in [0, 0.05) is 11.8 Å². The Labute approximate surface area is 86.0 Å². The third-order valence-electron chi connectivity index (χ3n) is 4.46. The number of hydrogen-bond acceptors (Lipinski definition) is 2. The molecule has 0 aromatic carbocycles. The van der Waals surface area contributed by atoms with Crippen molar-refractivity contribution in [1.82, 2.24) is 0 Å². The zero-order valence-electron chi connectivity index (χ0n) is 9.00. The summed E-state index contributed by atoms with van der Waals surface area (Å²) in [5, 5.41) is 0. The molecule has 0 amide bonds. The van der Waals surface area contributed by atoms with Gasteiger partial charge in [-0.15, -0.1) is 0 Å². The van der Waals surface area contributed by atoms with Crippen molar-refractivity contribution >= 4 is 0 Å². The predicted octanol–water partition coefficient (Wildman–Crippen LogP) is 2.58. The van der Waals surface area contributed by atoms with Gasteiger partial charge in [-0.25, -0.2) is 0 Å². The lowest BCUT2D eigenvalue weighted by Crippen LogP contribution is -2.51. The van der Waals surface area contributed by atoms with E-state index in [4.69, 9.17) is 9.47 Å². The van der Waals surface area contributed by atoms with E-state index in [9.17, 15) is 0 Å². The fraction of sp³-hybridized carbons (Fsp3) is 1.00. The van der Waals surface area contributed by atoms with Crippen molar-refractivity contribution in [2.24, 2.45) is 17.8 Å². The molecule has 0 aromatic rings. The van der Waals surface area contributed by atoms with E-state index in [-0.39, 0.29) is 5.79 Å². The summed E-state index contributed by atoms with van der Waals surface area (Å²) in [7, 11) is 0. The molecule has 0 N–H and O–H groups in total. The molecule has 0 aromatic heterocycles. The van der Waals surface area contributed by atoms with Gasteiger partial charge in [-0.1, -0.05) is 19.8 Å². The third kappa shape index (κ3) is 1.17. The number of fused-ring (bicyclic) bond motifs is 3. The molecule has 1 saturated heterocycles. The molecule has 2 aliphatic carbocycles. The molecule has 3 unspecified atom stereocenters. The first-order valence-electron chi connectivity index (χ1n) is 6.09. The molecule has 1 heterocycles. The molecular weight excluding hydrogens is 176 g/mol. The minimum atomic E-state index is -0.170. The van der Waals surface area contributed by atoms with Crippen molar-refractivity contribution in [2.45, 2.75) is 44.8 Å². The van der Waals surface area contributed by atoms with E-state index in [2.05, 4.69) is 6.92 Å². The highest BCUT2D eigenvalue weighted by Crippen LogP contribution is 2.51. The van der Waals surface area contributed by atoms with Crippen LogP contribution in [0.5, 0.6) is 0 Å². The van der Waals surface area contributed by atoms with E-state index >= 15 is 0 Å². The number of hydrogen-bond donors (Lipinski definition) is 0. The first-order chi connectivity index (χ1) is 6.81. The van der Waals surface area contributed by atoms with Gasteiger partial charge in [0.15, 0.2) is 5.79 Å². The monoisotopic (exact) mass is 196 g/mol. The van der Waals surface area contributed by atoms with Crippen LogP contribution in [0.25, 0.3) is 0 Å². The van der Waals surface area contributed by atoms with Crippen molar-refractivity contribution in [3.8, 4) is 0 Å². The molecule has 1 aliphatic heterocycles. The van der Waals surface area contributed by atoms with Gasteiger partial charge in [-0.05, 0) is 25.2 Å². The Hall–Kier alpha value is -0.0800. The minimum Gasteiger partial charge on any atom is -0.347 e. The maximum Gasteiger partial charge on any atom is 0.173 e. The summed E-state index contributed by atoms with van der Waals surface area (Å²) in [6, 6.07) is 0. The van der Waals surface area contributed by atoms with Crippen LogP contribution < -0.4 is 0 Å². The second kappa shape index (κ2) is 3.21. The standard InChI is InChI=1S/C12H20O2/c1-9-7-10-3-2-4-11(8-10)12(9)13-5-6-14-12/h9-11H,2-8H2,1H3. The van der Waals surface area contributed by atoms with E-state index in [1.807, 2.05) is 0 Å². The summed E-state index contributed by atoms with van der Waals surface area (Å²) >= 11 is 0. The van der Waals surface area contributed by atoms with Crippen LogP contribution >= 0.6 is 0 Å². The summed E-state index contributed by atoms with van der Waals surface area (Å²) in [6.45, 7) is 3.94. The lowest BCUT2D eigenvalue weighted by atomic mass is 9.65. The topological polar surface area (TPSA) is 18.5 Å². The average molecular weight is 196 g/mol. The molecular formula is C12H20O2. The van der Waals surface area contributed by atoms with Gasteiger partial charge in [0.2, 0.25) is 0 Å². The summed E-state index contributed by atoms with van der Waals surface area (Å²) in [6.07, 6.45) is 6.81. The zero-order valence-corrected chi connectivity index (χ0v) is 9.00. The zero-order chi connectivity index (χ0) is 9.60. The van der Waals surface area contributed by atoms with Gasteiger partial charge in [0.25, 0.3) is 0 Å². The average Bonchev–Trinajstić information content (AvgIpc) is 2.66. The first-order valence-corrected chi connectivity index (χ1v) is 6.09. The van der Waals surface area contributed by atoms with E-state index in [1.54, 1.807) is 0 Å². The molecule has 3 fully saturated rings. The third-order valence-corrected chi connectivity index (χ3v) is 4.46. The van der Waals surface area contributed by atoms with Crippen LogP contribution in [0, 0.1) is 17.8 Å². The summed E-state index contributed by atoms with van der Waals surface area (Å²) in [4.78, 5) is 0. The molecule has 1 spiro atoms. The Balaban J connectivity index is 1.87. The molecule has 2 nitrogen and oxygen atoms in total. The smallest absolute Gasteiger partial charge is 0.173 e. The van der Waals surface area contributed by atoms with Crippen LogP contribution in [0.3, 0.4) is 0 Å². The second-order valence-electron chi connectivity index (χ2n) is 5.28. The van der Waals surface area contributed by atoms with Crippen molar-refractivity contribution in [1.29, 1.82) is 0 Å². The largest absolute Gasteiger partial charge is 0.347 e. The van der Waals surface area contributed by atoms with Crippen molar-refractivity contribution in [3.05, 3.63) is 0 Å². The van der Waals surface area contributed by atoms with Gasteiger partial charge in [0.1, 0.15) is 0 Å². The summed E-state index contributed by atoms with van der Waals surface area (Å²) in [5.41, 5.74) is 0. The van der Waals surface area contributed by atoms with Crippen LogP contribution in [-0.2, 0) is 9.47 Å². The second-order valence-corrected chi connectivity index (χ2v) is 5.28. The number of ether oxygens (including phenoxy) is 2. The molecule has 0 radical (unpaired) electrons. The SMILES string of the molecule is CC1CC2CCCC(C2)C12OCCO2. The van der Waals surface area contributed by atoms with E-state index in [0.717, 1.165) is 19.1 Å². The molecule has 14 heavy (non-hydrogen) atoms. The van der Waals surface area contributed by atoms with E-state index in [1.165, 1.54) is 32.1 Å². The molecule has 80 valence electrons. The van der Waals surface area contributed by atoms with Gasteiger partial charge in [-0.2, -0.15) is 0 Å². The lowest BCUT2D eigenvalue weighted by molar-refractivity contribution is -0.255. The van der Waals surface area contributed by atoms with Crippen molar-refractivity contribution in [2.75, 3.05) is 13.2 Å². The van der Waals surface area contributed by atoms with Gasteiger partial charge in [0.05, 0.1) is 13.2 Å². The van der Waals surface area contributed by atoms with Crippen molar-refractivity contribution in [3.63, 3.8) is 0 Å². The Bertz CT molecular complexity index is 218. The highest BCUT2D eigenvalue weighted by molar-refractivity contribution is 4.96. The molecule has 2 bridgehead atoms. The van der Waals surface area contributed by atoms with Gasteiger partial charge >= 0.3 is 0 Å². The normalized spacial score (nSPS) is 45.6. The lowest BCUT2D eigenvalue weighted by Gasteiger charge is -2.49. The molecule has 3 rings (SSSR count). The van der Waals surface area contributed by atoms with Crippen LogP contribution in [0.15, 0.2) is 0 Å². The fourth-order valence-electron chi connectivity index (χ4n) is 3.90. The Morgan fingerprint density at radius 1 is 1.07 bits per heavy atom. The van der Waals surface area contributed by atoms with Crippen LogP contribution in [-0.4, -0.2) is 19.0 Å². The number of rotatable bonds is 0. The maximum absolute atomic E-state index is 5.96. The predicted molar refractivity (Wildman–Crippen MR) is 53.9 cm³/mol. The van der Waals surface area contributed by atoms with Crippen LogP contribution in [0.1, 0.15) is 39.0 Å². The Kier molecular flexibility index (Phi) is 2.10. The minimum absolute atomic E-state index is 0.170. The van der Waals surface area contributed by atoms with Crippen LogP contribution in [0.2, 0.25) is 0 Å². The quantitative estimate of drug-likeness (QED) is 0.593. The first kappa shape index (κ1) is 9.17. The fourth-order valence-corrected chi connectivity index (χ4v) is 3.90. The molecule has 3 atom stereocenters.